The standard InChI is InChI=1S/C14H33N3O2/c1-5-18-13-11-17(12-14-19-6-2)10-8-15-7-9-16(3)4/h15H,5-14H2,1-4H3. The highest BCUT2D eigenvalue weighted by molar-refractivity contribution is 4.60. The van der Waals surface area contributed by atoms with Gasteiger partial charge in [0.2, 0.25) is 0 Å². The summed E-state index contributed by atoms with van der Waals surface area (Å²) < 4.78 is 10.8. The van der Waals surface area contributed by atoms with Gasteiger partial charge in [0.1, 0.15) is 0 Å². The highest BCUT2D eigenvalue weighted by Gasteiger charge is 2.04. The molecule has 0 spiro atoms. The molecule has 0 radical (unpaired) electrons. The second-order valence-corrected chi connectivity index (χ2v) is 4.79. The molecule has 19 heavy (non-hydrogen) atoms. The van der Waals surface area contributed by atoms with Crippen molar-refractivity contribution in [3.05, 3.63) is 0 Å². The van der Waals surface area contributed by atoms with Crippen LogP contribution in [-0.4, -0.2) is 89.6 Å². The highest BCUT2D eigenvalue weighted by Crippen LogP contribution is 1.89. The van der Waals surface area contributed by atoms with Gasteiger partial charge in [-0.05, 0) is 27.9 Å². The predicted octanol–water partition coefficient (Wildman–Crippen LogP) is 0.513. The van der Waals surface area contributed by atoms with Crippen LogP contribution in [0.2, 0.25) is 0 Å². The van der Waals surface area contributed by atoms with E-state index in [4.69, 9.17) is 9.47 Å². The Bertz CT molecular complexity index is 170. The third-order valence-electron chi connectivity index (χ3n) is 2.85. The van der Waals surface area contributed by atoms with Crippen LogP contribution in [0, 0.1) is 0 Å². The van der Waals surface area contributed by atoms with E-state index in [1.54, 1.807) is 0 Å². The van der Waals surface area contributed by atoms with Crippen molar-refractivity contribution in [2.45, 2.75) is 13.8 Å². The van der Waals surface area contributed by atoms with Crippen molar-refractivity contribution in [2.24, 2.45) is 0 Å². The predicted molar refractivity (Wildman–Crippen MR) is 80.8 cm³/mol. The molecule has 0 aliphatic heterocycles. The molecule has 0 aromatic carbocycles. The van der Waals surface area contributed by atoms with E-state index in [9.17, 15) is 0 Å². The Hall–Kier alpha value is -0.200. The van der Waals surface area contributed by atoms with Crippen molar-refractivity contribution in [1.82, 2.24) is 15.1 Å². The summed E-state index contributed by atoms with van der Waals surface area (Å²) >= 11 is 0. The number of likely N-dealkylation sites (N-methyl/N-ethyl adjacent to an activating group) is 1. The normalized spacial score (nSPS) is 11.7. The molecule has 0 rings (SSSR count). The molecular weight excluding hydrogens is 242 g/mol. The molecule has 0 aliphatic carbocycles. The van der Waals surface area contributed by atoms with Crippen LogP contribution in [0.1, 0.15) is 13.8 Å². The van der Waals surface area contributed by atoms with Gasteiger partial charge in [0.25, 0.3) is 0 Å². The van der Waals surface area contributed by atoms with Crippen molar-refractivity contribution in [3.8, 4) is 0 Å². The fourth-order valence-electron chi connectivity index (χ4n) is 1.68. The summed E-state index contributed by atoms with van der Waals surface area (Å²) in [7, 11) is 4.19. The Morgan fingerprint density at radius 2 is 1.32 bits per heavy atom. The summed E-state index contributed by atoms with van der Waals surface area (Å²) in [6.45, 7) is 13.4. The summed E-state index contributed by atoms with van der Waals surface area (Å²) in [6.07, 6.45) is 0. The lowest BCUT2D eigenvalue weighted by atomic mass is 10.4. The molecule has 0 fully saturated rings. The molecule has 0 atom stereocenters. The second kappa shape index (κ2) is 14.2. The molecule has 0 aliphatic rings. The molecule has 5 heteroatoms. The van der Waals surface area contributed by atoms with E-state index >= 15 is 0 Å². The first-order chi connectivity index (χ1) is 9.20. The number of nitrogens with one attached hydrogen (secondary N) is 1. The fraction of sp³-hybridized carbons (Fsp3) is 1.00. The summed E-state index contributed by atoms with van der Waals surface area (Å²) in [5.41, 5.74) is 0. The number of rotatable bonds is 14. The van der Waals surface area contributed by atoms with Crippen molar-refractivity contribution in [3.63, 3.8) is 0 Å². The minimum Gasteiger partial charge on any atom is -0.380 e. The van der Waals surface area contributed by atoms with Gasteiger partial charge in [-0.25, -0.2) is 0 Å². The Morgan fingerprint density at radius 3 is 1.79 bits per heavy atom. The van der Waals surface area contributed by atoms with Gasteiger partial charge in [-0.2, -0.15) is 0 Å². The molecule has 116 valence electrons. The molecule has 0 bridgehead atoms. The third-order valence-corrected chi connectivity index (χ3v) is 2.85. The second-order valence-electron chi connectivity index (χ2n) is 4.79. The van der Waals surface area contributed by atoms with Crippen LogP contribution in [0.15, 0.2) is 0 Å². The van der Waals surface area contributed by atoms with Crippen LogP contribution >= 0.6 is 0 Å². The first-order valence-electron chi connectivity index (χ1n) is 7.44. The van der Waals surface area contributed by atoms with Gasteiger partial charge < -0.3 is 19.7 Å². The molecule has 0 saturated carbocycles. The van der Waals surface area contributed by atoms with Crippen LogP contribution in [0.4, 0.5) is 0 Å². The molecule has 5 nitrogen and oxygen atoms in total. The van der Waals surface area contributed by atoms with E-state index < -0.39 is 0 Å². The van der Waals surface area contributed by atoms with Gasteiger partial charge in [0.15, 0.2) is 0 Å². The molecule has 1 N–H and O–H groups in total. The number of hydrogen-bond donors (Lipinski definition) is 1. The van der Waals surface area contributed by atoms with Crippen molar-refractivity contribution in [2.75, 3.05) is 79.8 Å². The van der Waals surface area contributed by atoms with Gasteiger partial charge >= 0.3 is 0 Å². The Morgan fingerprint density at radius 1 is 0.789 bits per heavy atom. The Balaban J connectivity index is 3.64. The average Bonchev–Trinajstić information content (AvgIpc) is 2.38. The minimum absolute atomic E-state index is 0.792. The van der Waals surface area contributed by atoms with E-state index in [2.05, 4.69) is 29.2 Å². The smallest absolute Gasteiger partial charge is 0.0593 e. The summed E-state index contributed by atoms with van der Waals surface area (Å²) in [6, 6.07) is 0. The number of ether oxygens (including phenoxy) is 2. The maximum Gasteiger partial charge on any atom is 0.0593 e. The molecule has 0 heterocycles. The third kappa shape index (κ3) is 14.0. The molecule has 0 unspecified atom stereocenters. The van der Waals surface area contributed by atoms with Crippen LogP contribution < -0.4 is 5.32 Å². The molecule has 0 aromatic rings. The minimum atomic E-state index is 0.792. The Labute approximate surface area is 119 Å². The number of nitrogens with zero attached hydrogens (tertiary/aromatic N) is 2. The summed E-state index contributed by atoms with van der Waals surface area (Å²) in [4.78, 5) is 4.59. The maximum atomic E-state index is 5.42. The molecular formula is C14H33N3O2. The first kappa shape index (κ1) is 18.8. The van der Waals surface area contributed by atoms with Crippen LogP contribution in [0.5, 0.6) is 0 Å². The van der Waals surface area contributed by atoms with Crippen molar-refractivity contribution in [1.29, 1.82) is 0 Å². The summed E-state index contributed by atoms with van der Waals surface area (Å²) in [5.74, 6) is 0. The lowest BCUT2D eigenvalue weighted by Crippen LogP contribution is -2.38. The van der Waals surface area contributed by atoms with Gasteiger partial charge in [0.05, 0.1) is 13.2 Å². The van der Waals surface area contributed by atoms with Crippen LogP contribution in [0.25, 0.3) is 0 Å². The topological polar surface area (TPSA) is 37.0 Å². The van der Waals surface area contributed by atoms with E-state index in [0.29, 0.717) is 0 Å². The van der Waals surface area contributed by atoms with Crippen LogP contribution in [0.3, 0.4) is 0 Å². The fourth-order valence-corrected chi connectivity index (χ4v) is 1.68. The first-order valence-corrected chi connectivity index (χ1v) is 7.44. The van der Waals surface area contributed by atoms with Gasteiger partial charge in [-0.15, -0.1) is 0 Å². The summed E-state index contributed by atoms with van der Waals surface area (Å²) in [5, 5.41) is 3.46. The quantitative estimate of drug-likeness (QED) is 0.468. The lowest BCUT2D eigenvalue weighted by Gasteiger charge is -2.22. The van der Waals surface area contributed by atoms with E-state index in [-0.39, 0.29) is 0 Å². The van der Waals surface area contributed by atoms with Gasteiger partial charge in [-0.3, -0.25) is 4.90 Å². The zero-order valence-electron chi connectivity index (χ0n) is 13.3. The SMILES string of the molecule is CCOCCN(CCNCCN(C)C)CCOCC. The number of hydrogen-bond acceptors (Lipinski definition) is 5. The molecule has 0 amide bonds. The van der Waals surface area contributed by atoms with E-state index in [0.717, 1.165) is 65.7 Å². The monoisotopic (exact) mass is 275 g/mol. The van der Waals surface area contributed by atoms with E-state index in [1.165, 1.54) is 0 Å². The molecule has 0 aromatic heterocycles. The van der Waals surface area contributed by atoms with Gasteiger partial charge in [-0.1, -0.05) is 0 Å². The maximum absolute atomic E-state index is 5.42. The van der Waals surface area contributed by atoms with Gasteiger partial charge in [0, 0.05) is 52.5 Å². The lowest BCUT2D eigenvalue weighted by molar-refractivity contribution is 0.0832. The van der Waals surface area contributed by atoms with Crippen LogP contribution in [-0.2, 0) is 9.47 Å². The largest absolute Gasteiger partial charge is 0.380 e. The zero-order chi connectivity index (χ0) is 14.3. The average molecular weight is 275 g/mol. The van der Waals surface area contributed by atoms with E-state index in [1.807, 2.05) is 13.8 Å². The van der Waals surface area contributed by atoms with Crippen molar-refractivity contribution < 1.29 is 9.47 Å². The molecule has 0 saturated heterocycles. The zero-order valence-corrected chi connectivity index (χ0v) is 13.3. The van der Waals surface area contributed by atoms with Crippen molar-refractivity contribution >= 4 is 0 Å². The highest BCUT2D eigenvalue weighted by atomic mass is 16.5. The Kier molecular flexibility index (Phi) is 14.1.